The molecule has 82 valence electrons. The van der Waals surface area contributed by atoms with E-state index in [1.807, 2.05) is 0 Å². The number of hydrogen-bond donors (Lipinski definition) is 2. The molecule has 0 radical (unpaired) electrons. The predicted molar refractivity (Wildman–Crippen MR) is 60.6 cm³/mol. The van der Waals surface area contributed by atoms with Crippen LogP contribution < -0.4 is 5.73 Å². The summed E-state index contributed by atoms with van der Waals surface area (Å²) in [6, 6.07) is 1.50. The molecule has 0 spiro atoms. The van der Waals surface area contributed by atoms with Crippen LogP contribution in [0, 0.1) is 5.41 Å². The van der Waals surface area contributed by atoms with Crippen molar-refractivity contribution in [3.63, 3.8) is 0 Å². The third kappa shape index (κ3) is 2.98. The van der Waals surface area contributed by atoms with E-state index in [1.165, 1.54) is 19.3 Å². The van der Waals surface area contributed by atoms with Gasteiger partial charge >= 0.3 is 0 Å². The third-order valence-corrected chi connectivity index (χ3v) is 3.29. The van der Waals surface area contributed by atoms with Gasteiger partial charge in [0.15, 0.2) is 0 Å². The SMILES string of the molecule is CCC1CCC(C)N1CCCC(=N)N. The van der Waals surface area contributed by atoms with Crippen molar-refractivity contribution in [3.8, 4) is 0 Å². The van der Waals surface area contributed by atoms with Crippen molar-refractivity contribution in [1.29, 1.82) is 5.41 Å². The molecule has 1 heterocycles. The van der Waals surface area contributed by atoms with E-state index in [0.29, 0.717) is 5.84 Å². The molecule has 2 unspecified atom stereocenters. The van der Waals surface area contributed by atoms with Crippen molar-refractivity contribution >= 4 is 5.84 Å². The molecule has 0 bridgehead atoms. The van der Waals surface area contributed by atoms with Crippen LogP contribution in [0.5, 0.6) is 0 Å². The van der Waals surface area contributed by atoms with Crippen LogP contribution in [-0.4, -0.2) is 29.4 Å². The molecule has 0 aromatic heterocycles. The largest absolute Gasteiger partial charge is 0.388 e. The lowest BCUT2D eigenvalue weighted by Gasteiger charge is -2.27. The molecule has 3 N–H and O–H groups in total. The number of nitrogens with two attached hydrogens (primary N) is 1. The first-order valence-corrected chi connectivity index (χ1v) is 5.73. The van der Waals surface area contributed by atoms with E-state index in [4.69, 9.17) is 11.1 Å². The maximum atomic E-state index is 7.17. The van der Waals surface area contributed by atoms with Crippen molar-refractivity contribution in [3.05, 3.63) is 0 Å². The van der Waals surface area contributed by atoms with Crippen molar-refractivity contribution in [2.24, 2.45) is 5.73 Å². The molecule has 1 rings (SSSR count). The van der Waals surface area contributed by atoms with Gasteiger partial charge in [0.05, 0.1) is 5.84 Å². The molecule has 0 aliphatic carbocycles. The number of hydrogen-bond acceptors (Lipinski definition) is 2. The van der Waals surface area contributed by atoms with E-state index in [-0.39, 0.29) is 0 Å². The van der Waals surface area contributed by atoms with Crippen molar-refractivity contribution in [2.75, 3.05) is 6.54 Å². The van der Waals surface area contributed by atoms with Crippen LogP contribution >= 0.6 is 0 Å². The lowest BCUT2D eigenvalue weighted by molar-refractivity contribution is 0.197. The Kier molecular flexibility index (Phi) is 4.39. The Labute approximate surface area is 87.2 Å². The van der Waals surface area contributed by atoms with E-state index < -0.39 is 0 Å². The zero-order valence-electron chi connectivity index (χ0n) is 9.42. The maximum Gasteiger partial charge on any atom is 0.0905 e. The molecule has 3 heteroatoms. The van der Waals surface area contributed by atoms with Crippen molar-refractivity contribution in [1.82, 2.24) is 4.90 Å². The molecular weight excluding hydrogens is 174 g/mol. The van der Waals surface area contributed by atoms with Gasteiger partial charge in [0.1, 0.15) is 0 Å². The van der Waals surface area contributed by atoms with E-state index in [1.54, 1.807) is 0 Å². The Bertz CT molecular complexity index is 191. The van der Waals surface area contributed by atoms with E-state index in [2.05, 4.69) is 18.7 Å². The van der Waals surface area contributed by atoms with Crippen LogP contribution in [0.25, 0.3) is 0 Å². The molecular formula is C11H23N3. The van der Waals surface area contributed by atoms with Crippen LogP contribution in [0.4, 0.5) is 0 Å². The summed E-state index contributed by atoms with van der Waals surface area (Å²) in [5.41, 5.74) is 5.34. The Morgan fingerprint density at radius 3 is 2.79 bits per heavy atom. The molecule has 1 aliphatic heterocycles. The van der Waals surface area contributed by atoms with Crippen LogP contribution in [0.3, 0.4) is 0 Å². The Morgan fingerprint density at radius 1 is 1.50 bits per heavy atom. The predicted octanol–water partition coefficient (Wildman–Crippen LogP) is 1.97. The second-order valence-corrected chi connectivity index (χ2v) is 4.36. The summed E-state index contributed by atoms with van der Waals surface area (Å²) in [5.74, 6) is 0.324. The highest BCUT2D eigenvalue weighted by atomic mass is 15.2. The number of amidine groups is 1. The van der Waals surface area contributed by atoms with E-state index in [0.717, 1.165) is 31.5 Å². The quantitative estimate of drug-likeness (QED) is 0.523. The van der Waals surface area contributed by atoms with E-state index in [9.17, 15) is 0 Å². The first-order valence-electron chi connectivity index (χ1n) is 5.73. The fourth-order valence-corrected chi connectivity index (χ4v) is 2.42. The Balaban J connectivity index is 2.30. The topological polar surface area (TPSA) is 53.1 Å². The van der Waals surface area contributed by atoms with Crippen LogP contribution in [-0.2, 0) is 0 Å². The maximum absolute atomic E-state index is 7.17. The zero-order chi connectivity index (χ0) is 10.6. The standard InChI is InChI=1S/C11H23N3/c1-3-10-7-6-9(2)14(10)8-4-5-11(12)13/h9-10H,3-8H2,1-2H3,(H3,12,13). The van der Waals surface area contributed by atoms with Gasteiger partial charge in [0.25, 0.3) is 0 Å². The minimum atomic E-state index is 0.324. The highest BCUT2D eigenvalue weighted by Crippen LogP contribution is 2.25. The normalized spacial score (nSPS) is 28.1. The van der Waals surface area contributed by atoms with Gasteiger partial charge in [-0.1, -0.05) is 6.92 Å². The molecule has 1 aliphatic rings. The minimum Gasteiger partial charge on any atom is -0.388 e. The average molecular weight is 197 g/mol. The highest BCUT2D eigenvalue weighted by molar-refractivity contribution is 5.76. The molecule has 1 saturated heterocycles. The molecule has 1 fully saturated rings. The second kappa shape index (κ2) is 5.35. The van der Waals surface area contributed by atoms with Crippen LogP contribution in [0.1, 0.15) is 46.0 Å². The lowest BCUT2D eigenvalue weighted by Crippen LogP contribution is -2.35. The zero-order valence-corrected chi connectivity index (χ0v) is 9.42. The van der Waals surface area contributed by atoms with Crippen molar-refractivity contribution < 1.29 is 0 Å². The highest BCUT2D eigenvalue weighted by Gasteiger charge is 2.28. The summed E-state index contributed by atoms with van der Waals surface area (Å²) < 4.78 is 0. The minimum absolute atomic E-state index is 0.324. The molecule has 0 saturated carbocycles. The first kappa shape index (κ1) is 11.5. The Hall–Kier alpha value is -0.570. The summed E-state index contributed by atoms with van der Waals surface area (Å²) in [4.78, 5) is 2.59. The van der Waals surface area contributed by atoms with Gasteiger partial charge in [-0.2, -0.15) is 0 Å². The molecule has 0 amide bonds. The van der Waals surface area contributed by atoms with E-state index >= 15 is 0 Å². The third-order valence-electron chi connectivity index (χ3n) is 3.29. The second-order valence-electron chi connectivity index (χ2n) is 4.36. The monoisotopic (exact) mass is 197 g/mol. The molecule has 2 atom stereocenters. The fourth-order valence-electron chi connectivity index (χ4n) is 2.42. The fraction of sp³-hybridized carbons (Fsp3) is 0.909. The number of likely N-dealkylation sites (tertiary alicyclic amines) is 1. The molecule has 0 aromatic carbocycles. The Morgan fingerprint density at radius 2 is 2.21 bits per heavy atom. The van der Waals surface area contributed by atoms with Gasteiger partial charge in [-0.05, 0) is 39.2 Å². The summed E-state index contributed by atoms with van der Waals surface area (Å²) in [6.07, 6.45) is 5.72. The molecule has 14 heavy (non-hydrogen) atoms. The average Bonchev–Trinajstić information content (AvgIpc) is 2.47. The molecule has 0 aromatic rings. The summed E-state index contributed by atoms with van der Waals surface area (Å²) in [5, 5.41) is 7.17. The van der Waals surface area contributed by atoms with Gasteiger partial charge in [0.2, 0.25) is 0 Å². The summed E-state index contributed by atoms with van der Waals surface area (Å²) in [7, 11) is 0. The van der Waals surface area contributed by atoms with Gasteiger partial charge in [0, 0.05) is 18.5 Å². The number of rotatable bonds is 5. The number of nitrogens with one attached hydrogen (secondary N) is 1. The van der Waals surface area contributed by atoms with Crippen molar-refractivity contribution in [2.45, 2.75) is 58.0 Å². The lowest BCUT2D eigenvalue weighted by atomic mass is 10.1. The van der Waals surface area contributed by atoms with Crippen LogP contribution in [0.15, 0.2) is 0 Å². The smallest absolute Gasteiger partial charge is 0.0905 e. The number of nitrogens with zero attached hydrogens (tertiary/aromatic N) is 1. The van der Waals surface area contributed by atoms with Gasteiger partial charge < -0.3 is 5.73 Å². The van der Waals surface area contributed by atoms with Crippen LogP contribution in [0.2, 0.25) is 0 Å². The van der Waals surface area contributed by atoms with Gasteiger partial charge in [-0.15, -0.1) is 0 Å². The molecule has 3 nitrogen and oxygen atoms in total. The van der Waals surface area contributed by atoms with Gasteiger partial charge in [-0.25, -0.2) is 0 Å². The van der Waals surface area contributed by atoms with Gasteiger partial charge in [-0.3, -0.25) is 10.3 Å². The summed E-state index contributed by atoms with van der Waals surface area (Å²) >= 11 is 0. The first-order chi connectivity index (χ1) is 6.65. The summed E-state index contributed by atoms with van der Waals surface area (Å²) in [6.45, 7) is 5.68.